The first-order valence-electron chi connectivity index (χ1n) is 16.9. The molecule has 0 spiro atoms. The molecule has 10 rings (SSSR count). The lowest BCUT2D eigenvalue weighted by Crippen LogP contribution is -2.45. The van der Waals surface area contributed by atoms with Crippen molar-refractivity contribution in [2.75, 3.05) is 0 Å². The molecule has 2 unspecified atom stereocenters. The van der Waals surface area contributed by atoms with Crippen molar-refractivity contribution in [3.63, 3.8) is 0 Å². The van der Waals surface area contributed by atoms with Gasteiger partial charge in [-0.2, -0.15) is 0 Å². The van der Waals surface area contributed by atoms with Crippen LogP contribution in [0.25, 0.3) is 66.1 Å². The average Bonchev–Trinajstić information content (AvgIpc) is 3.76. The van der Waals surface area contributed by atoms with Crippen LogP contribution in [0.3, 0.4) is 0 Å². The minimum Gasteiger partial charge on any atom is -0.456 e. The number of benzene rings is 7. The molecule has 0 bridgehead atoms. The van der Waals surface area contributed by atoms with Crippen molar-refractivity contribution in [2.45, 2.75) is 12.3 Å². The zero-order valence-electron chi connectivity index (χ0n) is 27.0. The van der Waals surface area contributed by atoms with Crippen LogP contribution in [0.5, 0.6) is 0 Å². The smallest absolute Gasteiger partial charge is 0.146 e. The molecule has 2 atom stereocenters. The predicted molar refractivity (Wildman–Crippen MR) is 203 cm³/mol. The topological polar surface area (TPSA) is 62.7 Å². The Bertz CT molecular complexity index is 2730. The van der Waals surface area contributed by atoms with Gasteiger partial charge in [0.2, 0.25) is 0 Å². The fourth-order valence-electron chi connectivity index (χ4n) is 7.27. The maximum Gasteiger partial charge on any atom is 0.146 e. The zero-order chi connectivity index (χ0) is 33.0. The van der Waals surface area contributed by atoms with Crippen LogP contribution in [0.1, 0.15) is 29.0 Å². The van der Waals surface area contributed by atoms with Gasteiger partial charge in [0.1, 0.15) is 40.5 Å². The van der Waals surface area contributed by atoms with Gasteiger partial charge in [0.25, 0.3) is 0 Å². The number of nitrogens with one attached hydrogen (secondary N) is 2. The van der Waals surface area contributed by atoms with Crippen molar-refractivity contribution in [1.82, 2.24) is 10.6 Å². The van der Waals surface area contributed by atoms with Crippen LogP contribution < -0.4 is 10.6 Å². The van der Waals surface area contributed by atoms with Crippen LogP contribution in [0.15, 0.2) is 178 Å². The predicted octanol–water partition coefficient (Wildman–Crippen LogP) is 11.2. The van der Waals surface area contributed by atoms with Gasteiger partial charge in [0.15, 0.2) is 0 Å². The van der Waals surface area contributed by atoms with E-state index in [1.165, 1.54) is 5.56 Å². The van der Waals surface area contributed by atoms with Gasteiger partial charge in [-0.05, 0) is 69.8 Å². The van der Waals surface area contributed by atoms with E-state index in [9.17, 15) is 0 Å². The highest BCUT2D eigenvalue weighted by atomic mass is 16.3. The summed E-state index contributed by atoms with van der Waals surface area (Å²) in [4.78, 5) is 5.31. The maximum absolute atomic E-state index is 6.52. The molecular formula is C45H31N3O2. The van der Waals surface area contributed by atoms with Gasteiger partial charge in [0, 0.05) is 21.5 Å². The second kappa shape index (κ2) is 11.6. The molecule has 1 aliphatic heterocycles. The Labute approximate surface area is 288 Å². The van der Waals surface area contributed by atoms with Crippen molar-refractivity contribution in [3.05, 3.63) is 180 Å². The number of para-hydroxylation sites is 2. The minimum atomic E-state index is -0.353. The van der Waals surface area contributed by atoms with Crippen molar-refractivity contribution in [1.29, 1.82) is 0 Å². The summed E-state index contributed by atoms with van der Waals surface area (Å²) < 4.78 is 13.0. The molecule has 0 aliphatic carbocycles. The zero-order valence-corrected chi connectivity index (χ0v) is 27.0. The van der Waals surface area contributed by atoms with Crippen LogP contribution in [-0.2, 0) is 0 Å². The van der Waals surface area contributed by atoms with Gasteiger partial charge in [-0.3, -0.25) is 5.32 Å². The van der Waals surface area contributed by atoms with Crippen LogP contribution in [0.4, 0.5) is 0 Å². The number of rotatable bonds is 5. The van der Waals surface area contributed by atoms with Gasteiger partial charge in [-0.1, -0.05) is 127 Å². The van der Waals surface area contributed by atoms with E-state index < -0.39 is 0 Å². The van der Waals surface area contributed by atoms with E-state index in [4.69, 9.17) is 13.8 Å². The fourth-order valence-corrected chi connectivity index (χ4v) is 7.27. The largest absolute Gasteiger partial charge is 0.456 e. The summed E-state index contributed by atoms with van der Waals surface area (Å²) in [5.41, 5.74) is 11.1. The monoisotopic (exact) mass is 645 g/mol. The molecule has 0 fully saturated rings. The molecule has 2 aromatic heterocycles. The molecule has 50 heavy (non-hydrogen) atoms. The highest BCUT2D eigenvalue weighted by molar-refractivity contribution is 6.15. The van der Waals surface area contributed by atoms with Gasteiger partial charge in [-0.25, -0.2) is 4.99 Å². The number of amidine groups is 1. The lowest BCUT2D eigenvalue weighted by atomic mass is 10.00. The summed E-state index contributed by atoms with van der Waals surface area (Å²) in [7, 11) is 0. The van der Waals surface area contributed by atoms with Gasteiger partial charge in [-0.15, -0.1) is 0 Å². The molecule has 5 heteroatoms. The fraction of sp³-hybridized carbons (Fsp3) is 0.0444. The van der Waals surface area contributed by atoms with Crippen LogP contribution in [-0.4, -0.2) is 5.84 Å². The summed E-state index contributed by atoms with van der Waals surface area (Å²) in [6.45, 7) is 0. The number of furan rings is 2. The summed E-state index contributed by atoms with van der Waals surface area (Å²) in [5, 5.41) is 11.9. The molecule has 0 saturated heterocycles. The van der Waals surface area contributed by atoms with E-state index in [2.05, 4.69) is 144 Å². The van der Waals surface area contributed by atoms with E-state index in [0.29, 0.717) is 0 Å². The standard InChI is InChI=1S/C45H31N3O2/c1-3-11-28(12-4-1)30-15-9-16-32(25-30)43-46-44(48-45(47-43)38-19-10-18-37-34-17-7-8-20-39(34)50-42(37)38)33-22-24-36-35-23-21-31(29-13-5-2-6-14-29)26-40(35)49-41(36)27-33/h1-27,43-44,46H,(H,47,48). The van der Waals surface area contributed by atoms with Gasteiger partial charge >= 0.3 is 0 Å². The van der Waals surface area contributed by atoms with Gasteiger partial charge < -0.3 is 14.2 Å². The molecule has 238 valence electrons. The quantitative estimate of drug-likeness (QED) is 0.195. The average molecular weight is 646 g/mol. The van der Waals surface area contributed by atoms with E-state index in [0.717, 1.165) is 83.1 Å². The van der Waals surface area contributed by atoms with E-state index in [-0.39, 0.29) is 12.3 Å². The Balaban J connectivity index is 1.09. The van der Waals surface area contributed by atoms with Gasteiger partial charge in [0.05, 0.1) is 5.56 Å². The number of fused-ring (bicyclic) bond motifs is 6. The van der Waals surface area contributed by atoms with E-state index in [1.54, 1.807) is 0 Å². The lowest BCUT2D eigenvalue weighted by Gasteiger charge is -2.32. The number of nitrogens with zero attached hydrogens (tertiary/aromatic N) is 1. The molecule has 9 aromatic rings. The Morgan fingerprint density at radius 3 is 1.90 bits per heavy atom. The van der Waals surface area contributed by atoms with Crippen molar-refractivity contribution in [2.24, 2.45) is 4.99 Å². The van der Waals surface area contributed by atoms with Crippen LogP contribution >= 0.6 is 0 Å². The van der Waals surface area contributed by atoms with Crippen LogP contribution in [0.2, 0.25) is 0 Å². The number of hydrogen-bond donors (Lipinski definition) is 2. The highest BCUT2D eigenvalue weighted by Crippen LogP contribution is 2.37. The second-order valence-corrected chi connectivity index (χ2v) is 12.8. The molecule has 0 saturated carbocycles. The van der Waals surface area contributed by atoms with Crippen molar-refractivity contribution >= 4 is 49.7 Å². The third-order valence-electron chi connectivity index (χ3n) is 9.77. The van der Waals surface area contributed by atoms with E-state index in [1.807, 2.05) is 30.3 Å². The first-order valence-corrected chi connectivity index (χ1v) is 16.9. The molecule has 2 N–H and O–H groups in total. The minimum absolute atomic E-state index is 0.226. The first-order chi connectivity index (χ1) is 24.7. The summed E-state index contributed by atoms with van der Waals surface area (Å²) in [6, 6.07) is 56.9. The third-order valence-corrected chi connectivity index (χ3v) is 9.77. The van der Waals surface area contributed by atoms with Crippen molar-refractivity contribution < 1.29 is 8.83 Å². The summed E-state index contributed by atoms with van der Waals surface area (Å²) in [6.07, 6.45) is -0.579. The SMILES string of the molecule is c1ccc(-c2cccc(C3NC(c4cccc5c4oc4ccccc45)=NC(c4ccc5c(c4)oc4cc(-c6ccccc6)ccc45)N3)c2)cc1. The summed E-state index contributed by atoms with van der Waals surface area (Å²) in [5.74, 6) is 0.769. The maximum atomic E-state index is 6.52. The molecule has 3 heterocycles. The molecule has 0 amide bonds. The molecule has 1 aliphatic rings. The third kappa shape index (κ3) is 4.87. The normalized spacial score (nSPS) is 16.2. The van der Waals surface area contributed by atoms with Crippen LogP contribution in [0, 0.1) is 0 Å². The summed E-state index contributed by atoms with van der Waals surface area (Å²) >= 11 is 0. The first kappa shape index (κ1) is 28.6. The molecule has 7 aromatic carbocycles. The number of hydrogen-bond acceptors (Lipinski definition) is 5. The van der Waals surface area contributed by atoms with Crippen molar-refractivity contribution in [3.8, 4) is 22.3 Å². The van der Waals surface area contributed by atoms with E-state index >= 15 is 0 Å². The Morgan fingerprint density at radius 1 is 0.440 bits per heavy atom. The molecular weight excluding hydrogens is 615 g/mol. The Kier molecular flexibility index (Phi) is 6.64. The second-order valence-electron chi connectivity index (χ2n) is 12.8. The molecule has 0 radical (unpaired) electrons. The Morgan fingerprint density at radius 2 is 1.08 bits per heavy atom. The highest BCUT2D eigenvalue weighted by Gasteiger charge is 2.28. The molecule has 5 nitrogen and oxygen atoms in total. The Hall–Kier alpha value is -6.43. The number of aliphatic imine (C=N–C) groups is 1. The lowest BCUT2D eigenvalue weighted by molar-refractivity contribution is 0.409.